The lowest BCUT2D eigenvalue weighted by Gasteiger charge is -2.33. The standard InChI is InChI=1S/C10H15N3O2S2/c1-4-13(5-2)9(16)6-7(14)11-10(17)12(3)8(6)15/h6H,4-5H2,1-3H3,(H,11,14,17). The second kappa shape index (κ2) is 5.50. The first-order valence-electron chi connectivity index (χ1n) is 5.35. The van der Waals surface area contributed by atoms with E-state index in [9.17, 15) is 9.59 Å². The van der Waals surface area contributed by atoms with Gasteiger partial charge in [0.1, 0.15) is 4.99 Å². The molecule has 5 nitrogen and oxygen atoms in total. The maximum absolute atomic E-state index is 12.0. The van der Waals surface area contributed by atoms with Crippen LogP contribution in [0.2, 0.25) is 0 Å². The first kappa shape index (κ1) is 14.0. The maximum atomic E-state index is 12.0. The molecular formula is C10H15N3O2S2. The molecule has 0 saturated carbocycles. The monoisotopic (exact) mass is 273 g/mol. The molecule has 1 unspecified atom stereocenters. The smallest absolute Gasteiger partial charge is 0.248 e. The molecule has 0 aromatic rings. The van der Waals surface area contributed by atoms with E-state index in [1.807, 2.05) is 18.7 Å². The summed E-state index contributed by atoms with van der Waals surface area (Å²) in [5.74, 6) is -1.74. The Bertz CT molecular complexity index is 380. The molecule has 94 valence electrons. The van der Waals surface area contributed by atoms with Crippen molar-refractivity contribution in [2.75, 3.05) is 20.1 Å². The van der Waals surface area contributed by atoms with E-state index in [1.54, 1.807) is 0 Å². The number of nitrogens with zero attached hydrogens (tertiary/aromatic N) is 2. The summed E-state index contributed by atoms with van der Waals surface area (Å²) in [5.41, 5.74) is 0. The highest BCUT2D eigenvalue weighted by molar-refractivity contribution is 7.80. The number of hydrogen-bond acceptors (Lipinski definition) is 4. The molecular weight excluding hydrogens is 258 g/mol. The second-order valence-corrected chi connectivity index (χ2v) is 4.44. The third-order valence-electron chi connectivity index (χ3n) is 2.70. The zero-order chi connectivity index (χ0) is 13.2. The van der Waals surface area contributed by atoms with E-state index in [0.717, 1.165) is 0 Å². The number of amides is 2. The molecule has 0 bridgehead atoms. The van der Waals surface area contributed by atoms with Gasteiger partial charge in [-0.25, -0.2) is 0 Å². The fourth-order valence-corrected chi connectivity index (χ4v) is 2.26. The predicted octanol–water partition coefficient (Wildman–Crippen LogP) is 0.145. The minimum atomic E-state index is -0.943. The van der Waals surface area contributed by atoms with Crippen molar-refractivity contribution in [2.45, 2.75) is 13.8 Å². The molecule has 1 aliphatic heterocycles. The predicted molar refractivity (Wildman–Crippen MR) is 72.5 cm³/mol. The highest BCUT2D eigenvalue weighted by atomic mass is 32.1. The van der Waals surface area contributed by atoms with E-state index in [-0.39, 0.29) is 11.0 Å². The van der Waals surface area contributed by atoms with E-state index in [1.165, 1.54) is 11.9 Å². The van der Waals surface area contributed by atoms with Crippen LogP contribution in [0.25, 0.3) is 0 Å². The van der Waals surface area contributed by atoms with Crippen LogP contribution in [0.3, 0.4) is 0 Å². The Morgan fingerprint density at radius 2 is 1.94 bits per heavy atom. The van der Waals surface area contributed by atoms with Crippen LogP contribution in [0.15, 0.2) is 0 Å². The number of nitrogens with one attached hydrogen (secondary N) is 1. The Hall–Kier alpha value is -1.08. The van der Waals surface area contributed by atoms with E-state index in [2.05, 4.69) is 5.32 Å². The quantitative estimate of drug-likeness (QED) is 0.586. The molecule has 2 amide bonds. The van der Waals surface area contributed by atoms with Crippen molar-refractivity contribution >= 4 is 46.4 Å². The van der Waals surface area contributed by atoms with Crippen LogP contribution >= 0.6 is 24.4 Å². The van der Waals surface area contributed by atoms with Gasteiger partial charge in [0.2, 0.25) is 11.8 Å². The van der Waals surface area contributed by atoms with E-state index < -0.39 is 11.8 Å². The van der Waals surface area contributed by atoms with Crippen LogP contribution in [-0.4, -0.2) is 51.9 Å². The van der Waals surface area contributed by atoms with E-state index >= 15 is 0 Å². The first-order chi connectivity index (χ1) is 7.93. The Morgan fingerprint density at radius 3 is 2.41 bits per heavy atom. The van der Waals surface area contributed by atoms with Gasteiger partial charge in [0.05, 0.1) is 0 Å². The number of carbonyl (C=O) groups is 2. The van der Waals surface area contributed by atoms with Crippen LogP contribution < -0.4 is 5.32 Å². The van der Waals surface area contributed by atoms with Gasteiger partial charge in [0, 0.05) is 20.1 Å². The summed E-state index contributed by atoms with van der Waals surface area (Å²) in [6.07, 6.45) is 0. The van der Waals surface area contributed by atoms with Crippen LogP contribution in [0.5, 0.6) is 0 Å². The van der Waals surface area contributed by atoms with Crippen molar-refractivity contribution < 1.29 is 9.59 Å². The second-order valence-electron chi connectivity index (χ2n) is 3.64. The first-order valence-corrected chi connectivity index (χ1v) is 6.16. The topological polar surface area (TPSA) is 52.7 Å². The van der Waals surface area contributed by atoms with Gasteiger partial charge >= 0.3 is 0 Å². The van der Waals surface area contributed by atoms with Crippen LogP contribution in [0, 0.1) is 5.92 Å². The van der Waals surface area contributed by atoms with Gasteiger partial charge in [0.25, 0.3) is 0 Å². The Kier molecular flexibility index (Phi) is 4.53. The maximum Gasteiger partial charge on any atom is 0.248 e. The molecule has 0 aromatic heterocycles. The molecule has 7 heteroatoms. The third kappa shape index (κ3) is 2.61. The molecule has 0 spiro atoms. The lowest BCUT2D eigenvalue weighted by atomic mass is 10.0. The fraction of sp³-hybridized carbons (Fsp3) is 0.600. The minimum absolute atomic E-state index is 0.124. The normalized spacial score (nSPS) is 20.3. The molecule has 1 fully saturated rings. The summed E-state index contributed by atoms with van der Waals surface area (Å²) in [6, 6.07) is 0. The Balaban J connectivity index is 2.96. The van der Waals surface area contributed by atoms with Crippen molar-refractivity contribution in [3.05, 3.63) is 0 Å². The lowest BCUT2D eigenvalue weighted by molar-refractivity contribution is -0.137. The van der Waals surface area contributed by atoms with Crippen molar-refractivity contribution in [3.8, 4) is 0 Å². The van der Waals surface area contributed by atoms with Crippen LogP contribution in [-0.2, 0) is 9.59 Å². The molecule has 1 rings (SSSR count). The zero-order valence-corrected chi connectivity index (χ0v) is 11.7. The number of hydrogen-bond donors (Lipinski definition) is 1. The summed E-state index contributed by atoms with van der Waals surface area (Å²) in [7, 11) is 1.53. The van der Waals surface area contributed by atoms with Gasteiger partial charge in [-0.05, 0) is 26.1 Å². The third-order valence-corrected chi connectivity index (χ3v) is 3.57. The van der Waals surface area contributed by atoms with Crippen molar-refractivity contribution in [2.24, 2.45) is 5.92 Å². The molecule has 0 aliphatic carbocycles. The molecule has 0 aromatic carbocycles. The number of thiocarbonyl (C=S) groups is 2. The molecule has 1 atom stereocenters. The highest BCUT2D eigenvalue weighted by Crippen LogP contribution is 2.14. The van der Waals surface area contributed by atoms with Crippen molar-refractivity contribution in [1.29, 1.82) is 0 Å². The summed E-state index contributed by atoms with van der Waals surface area (Å²) in [6.45, 7) is 5.19. The van der Waals surface area contributed by atoms with Gasteiger partial charge < -0.3 is 10.2 Å². The molecule has 1 N–H and O–H groups in total. The average molecular weight is 273 g/mol. The van der Waals surface area contributed by atoms with Gasteiger partial charge in [-0.15, -0.1) is 0 Å². The summed E-state index contributed by atoms with van der Waals surface area (Å²) in [4.78, 5) is 27.2. The number of rotatable bonds is 3. The lowest BCUT2D eigenvalue weighted by Crippen LogP contribution is -2.60. The highest BCUT2D eigenvalue weighted by Gasteiger charge is 2.40. The zero-order valence-electron chi connectivity index (χ0n) is 10.0. The summed E-state index contributed by atoms with van der Waals surface area (Å²) in [5, 5.41) is 2.60. The Morgan fingerprint density at radius 1 is 1.41 bits per heavy atom. The summed E-state index contributed by atoms with van der Waals surface area (Å²) >= 11 is 10.1. The van der Waals surface area contributed by atoms with Crippen LogP contribution in [0.4, 0.5) is 0 Å². The van der Waals surface area contributed by atoms with Gasteiger partial charge in [-0.1, -0.05) is 12.2 Å². The fourth-order valence-electron chi connectivity index (χ4n) is 1.60. The molecule has 0 radical (unpaired) electrons. The molecule has 1 aliphatic rings. The SMILES string of the molecule is CCN(CC)C(=S)C1C(=O)NC(=S)N(C)C1=O. The number of carbonyl (C=O) groups excluding carboxylic acids is 2. The van der Waals surface area contributed by atoms with Gasteiger partial charge in [-0.2, -0.15) is 0 Å². The minimum Gasteiger partial charge on any atom is -0.366 e. The van der Waals surface area contributed by atoms with E-state index in [4.69, 9.17) is 24.4 Å². The van der Waals surface area contributed by atoms with Gasteiger partial charge in [0.15, 0.2) is 11.0 Å². The average Bonchev–Trinajstić information content (AvgIpc) is 2.28. The molecule has 1 saturated heterocycles. The Labute approximate surface area is 111 Å². The van der Waals surface area contributed by atoms with Crippen molar-refractivity contribution in [3.63, 3.8) is 0 Å². The van der Waals surface area contributed by atoms with E-state index in [0.29, 0.717) is 18.1 Å². The molecule has 17 heavy (non-hydrogen) atoms. The van der Waals surface area contributed by atoms with Crippen LogP contribution in [0.1, 0.15) is 13.8 Å². The van der Waals surface area contributed by atoms with Gasteiger partial charge in [-0.3, -0.25) is 14.5 Å². The summed E-state index contributed by atoms with van der Waals surface area (Å²) < 4.78 is 0. The largest absolute Gasteiger partial charge is 0.366 e. The molecule has 1 heterocycles. The van der Waals surface area contributed by atoms with Crippen molar-refractivity contribution in [1.82, 2.24) is 15.1 Å².